The van der Waals surface area contributed by atoms with Crippen LogP contribution in [0.1, 0.15) is 25.3 Å². The van der Waals surface area contributed by atoms with Crippen molar-refractivity contribution in [3.63, 3.8) is 0 Å². The molecule has 0 aromatic heterocycles. The molecule has 0 radical (unpaired) electrons. The number of hydrogen-bond acceptors (Lipinski definition) is 3. The molecule has 4 heteroatoms. The second-order valence-electron chi connectivity index (χ2n) is 6.79. The molecule has 1 fully saturated rings. The van der Waals surface area contributed by atoms with Crippen LogP contribution in [0.3, 0.4) is 0 Å². The van der Waals surface area contributed by atoms with Gasteiger partial charge in [0, 0.05) is 24.8 Å². The first-order valence-electron chi connectivity index (χ1n) is 9.43. The normalized spacial score (nSPS) is 16.5. The predicted octanol–water partition coefficient (Wildman–Crippen LogP) is 3.76. The van der Waals surface area contributed by atoms with Crippen molar-refractivity contribution in [3.8, 4) is 5.75 Å². The zero-order valence-corrected chi connectivity index (χ0v) is 15.7. The fourth-order valence-electron chi connectivity index (χ4n) is 3.73. The Bertz CT molecular complexity index is 717. The van der Waals surface area contributed by atoms with Crippen LogP contribution in [0.25, 0.3) is 0 Å². The van der Waals surface area contributed by atoms with Gasteiger partial charge in [-0.3, -0.25) is 4.79 Å². The van der Waals surface area contributed by atoms with Crippen LogP contribution < -0.4 is 9.64 Å². The van der Waals surface area contributed by atoms with Crippen LogP contribution in [-0.2, 0) is 11.2 Å². The molecule has 4 nitrogen and oxygen atoms in total. The number of ether oxygens (including phenoxy) is 1. The summed E-state index contributed by atoms with van der Waals surface area (Å²) in [5.41, 5.74) is 2.33. The van der Waals surface area contributed by atoms with Crippen molar-refractivity contribution in [2.75, 3.05) is 31.6 Å². The fraction of sp³-hybridized carbons (Fsp3) is 0.409. The molecule has 2 aromatic carbocycles. The van der Waals surface area contributed by atoms with E-state index in [-0.39, 0.29) is 11.9 Å². The molecule has 1 heterocycles. The van der Waals surface area contributed by atoms with Gasteiger partial charge in [0.25, 0.3) is 0 Å². The summed E-state index contributed by atoms with van der Waals surface area (Å²) >= 11 is 0. The van der Waals surface area contributed by atoms with E-state index in [2.05, 4.69) is 41.0 Å². The van der Waals surface area contributed by atoms with Gasteiger partial charge in [0.1, 0.15) is 5.75 Å². The van der Waals surface area contributed by atoms with Crippen molar-refractivity contribution in [1.29, 1.82) is 0 Å². The Morgan fingerprint density at radius 2 is 2.00 bits per heavy atom. The molecular formula is C22H28N2O2. The minimum Gasteiger partial charge on any atom is -0.497 e. The zero-order valence-electron chi connectivity index (χ0n) is 15.7. The monoisotopic (exact) mass is 352 g/mol. The Morgan fingerprint density at radius 1 is 1.19 bits per heavy atom. The van der Waals surface area contributed by atoms with Crippen LogP contribution in [0, 0.1) is 0 Å². The summed E-state index contributed by atoms with van der Waals surface area (Å²) in [6, 6.07) is 18.6. The van der Waals surface area contributed by atoms with E-state index < -0.39 is 0 Å². The van der Waals surface area contributed by atoms with Crippen LogP contribution in [0.5, 0.6) is 5.75 Å². The number of carbonyl (C=O) groups excluding carboxylic acids is 1. The number of hydrogen-bond donors (Lipinski definition) is 0. The second kappa shape index (κ2) is 8.75. The molecule has 1 amide bonds. The van der Waals surface area contributed by atoms with Crippen molar-refractivity contribution in [2.24, 2.45) is 0 Å². The Morgan fingerprint density at radius 3 is 2.73 bits per heavy atom. The van der Waals surface area contributed by atoms with E-state index in [9.17, 15) is 4.79 Å². The van der Waals surface area contributed by atoms with E-state index in [1.165, 1.54) is 5.56 Å². The summed E-state index contributed by atoms with van der Waals surface area (Å²) in [6.07, 6.45) is 3.04. The summed E-state index contributed by atoms with van der Waals surface area (Å²) in [5, 5.41) is 0. The van der Waals surface area contributed by atoms with Gasteiger partial charge < -0.3 is 14.5 Å². The van der Waals surface area contributed by atoms with Gasteiger partial charge in [-0.2, -0.15) is 0 Å². The largest absolute Gasteiger partial charge is 0.497 e. The average Bonchev–Trinajstić information content (AvgIpc) is 3.15. The summed E-state index contributed by atoms with van der Waals surface area (Å²) in [7, 11) is 1.69. The highest BCUT2D eigenvalue weighted by atomic mass is 16.5. The van der Waals surface area contributed by atoms with Gasteiger partial charge in [0.15, 0.2) is 0 Å². The molecule has 1 aliphatic heterocycles. The zero-order chi connectivity index (χ0) is 18.4. The van der Waals surface area contributed by atoms with Crippen molar-refractivity contribution in [2.45, 2.75) is 32.2 Å². The lowest BCUT2D eigenvalue weighted by atomic mass is 10.0. The smallest absolute Gasteiger partial charge is 0.242 e. The Balaban J connectivity index is 1.66. The SMILES string of the molecule is CCN(CC(=O)N1CCCC1Cc1cccc(OC)c1)c1ccccc1. The van der Waals surface area contributed by atoms with Crippen molar-refractivity contribution in [3.05, 3.63) is 60.2 Å². The number of nitrogens with zero attached hydrogens (tertiary/aromatic N) is 2. The van der Waals surface area contributed by atoms with E-state index in [0.717, 1.165) is 43.8 Å². The molecule has 1 aliphatic rings. The van der Waals surface area contributed by atoms with E-state index >= 15 is 0 Å². The highest BCUT2D eigenvalue weighted by Gasteiger charge is 2.29. The van der Waals surface area contributed by atoms with Gasteiger partial charge in [-0.25, -0.2) is 0 Å². The topological polar surface area (TPSA) is 32.8 Å². The number of benzene rings is 2. The number of anilines is 1. The fourth-order valence-corrected chi connectivity index (χ4v) is 3.73. The Hall–Kier alpha value is -2.49. The van der Waals surface area contributed by atoms with E-state index in [1.807, 2.05) is 30.3 Å². The number of rotatable bonds is 7. The predicted molar refractivity (Wildman–Crippen MR) is 106 cm³/mol. The minimum absolute atomic E-state index is 0.223. The first-order valence-corrected chi connectivity index (χ1v) is 9.43. The highest BCUT2D eigenvalue weighted by Crippen LogP contribution is 2.24. The third-order valence-corrected chi connectivity index (χ3v) is 5.13. The molecule has 138 valence electrons. The number of likely N-dealkylation sites (tertiary alicyclic amines) is 1. The lowest BCUT2D eigenvalue weighted by molar-refractivity contribution is -0.130. The molecule has 0 saturated carbocycles. The van der Waals surface area contributed by atoms with Crippen LogP contribution in [0.2, 0.25) is 0 Å². The second-order valence-corrected chi connectivity index (χ2v) is 6.79. The first kappa shape index (κ1) is 18.3. The van der Waals surface area contributed by atoms with Crippen LogP contribution in [-0.4, -0.2) is 43.6 Å². The minimum atomic E-state index is 0.223. The van der Waals surface area contributed by atoms with E-state index in [4.69, 9.17) is 4.74 Å². The number of para-hydroxylation sites is 1. The number of amides is 1. The number of likely N-dealkylation sites (N-methyl/N-ethyl adjacent to an activating group) is 1. The highest BCUT2D eigenvalue weighted by molar-refractivity contribution is 5.82. The first-order chi connectivity index (χ1) is 12.7. The van der Waals surface area contributed by atoms with Crippen LogP contribution in [0.15, 0.2) is 54.6 Å². The van der Waals surface area contributed by atoms with Crippen LogP contribution in [0.4, 0.5) is 5.69 Å². The summed E-state index contributed by atoms with van der Waals surface area (Å²) < 4.78 is 5.32. The molecule has 3 rings (SSSR count). The Labute approximate surface area is 156 Å². The molecule has 2 aromatic rings. The third kappa shape index (κ3) is 4.37. The van der Waals surface area contributed by atoms with Gasteiger partial charge in [-0.15, -0.1) is 0 Å². The van der Waals surface area contributed by atoms with E-state index in [1.54, 1.807) is 7.11 Å². The molecule has 26 heavy (non-hydrogen) atoms. The summed E-state index contributed by atoms with van der Waals surface area (Å²) in [5.74, 6) is 1.10. The molecule has 0 N–H and O–H groups in total. The Kier molecular flexibility index (Phi) is 6.16. The van der Waals surface area contributed by atoms with Gasteiger partial charge in [-0.1, -0.05) is 30.3 Å². The van der Waals surface area contributed by atoms with Crippen molar-refractivity contribution < 1.29 is 9.53 Å². The van der Waals surface area contributed by atoms with Gasteiger partial charge >= 0.3 is 0 Å². The maximum atomic E-state index is 13.0. The van der Waals surface area contributed by atoms with Crippen molar-refractivity contribution in [1.82, 2.24) is 4.90 Å². The van der Waals surface area contributed by atoms with Crippen LogP contribution >= 0.6 is 0 Å². The lowest BCUT2D eigenvalue weighted by Crippen LogP contribution is -2.43. The number of carbonyl (C=O) groups is 1. The standard InChI is InChI=1S/C22H28N2O2/c1-3-23(19-10-5-4-6-11-19)17-22(25)24-14-8-12-20(24)15-18-9-7-13-21(16-18)26-2/h4-7,9-11,13,16,20H,3,8,12,14-15,17H2,1-2H3. The molecular weight excluding hydrogens is 324 g/mol. The molecule has 1 saturated heterocycles. The molecule has 0 aliphatic carbocycles. The molecule has 1 unspecified atom stereocenters. The van der Waals surface area contributed by atoms with Crippen molar-refractivity contribution >= 4 is 11.6 Å². The van der Waals surface area contributed by atoms with Gasteiger partial charge in [0.05, 0.1) is 13.7 Å². The third-order valence-electron chi connectivity index (χ3n) is 5.13. The van der Waals surface area contributed by atoms with E-state index in [0.29, 0.717) is 6.54 Å². The quantitative estimate of drug-likeness (QED) is 0.761. The summed E-state index contributed by atoms with van der Waals surface area (Å²) in [4.78, 5) is 17.2. The molecule has 0 bridgehead atoms. The maximum Gasteiger partial charge on any atom is 0.242 e. The molecule has 0 spiro atoms. The average molecular weight is 352 g/mol. The molecule has 1 atom stereocenters. The maximum absolute atomic E-state index is 13.0. The lowest BCUT2D eigenvalue weighted by Gasteiger charge is -2.29. The van der Waals surface area contributed by atoms with Gasteiger partial charge in [-0.05, 0) is 56.0 Å². The summed E-state index contributed by atoms with van der Waals surface area (Å²) in [6.45, 7) is 4.22. The number of methoxy groups -OCH3 is 1. The van der Waals surface area contributed by atoms with Gasteiger partial charge in [0.2, 0.25) is 5.91 Å².